The van der Waals surface area contributed by atoms with Crippen molar-refractivity contribution in [3.05, 3.63) is 35.4 Å². The normalized spacial score (nSPS) is 29.3. The van der Waals surface area contributed by atoms with Crippen molar-refractivity contribution in [3.8, 4) is 11.5 Å². The van der Waals surface area contributed by atoms with Gasteiger partial charge < -0.3 is 19.3 Å². The minimum atomic E-state index is -0.492. The third kappa shape index (κ3) is 2.68. The molecule has 4 rings (SSSR count). The smallest absolute Gasteiger partial charge is 0.320 e. The van der Waals surface area contributed by atoms with Gasteiger partial charge in [-0.05, 0) is 25.0 Å². The molecule has 0 fully saturated rings. The Hall–Kier alpha value is -2.05. The lowest BCUT2D eigenvalue weighted by Crippen LogP contribution is -2.43. The van der Waals surface area contributed by atoms with Crippen LogP contribution in [0.3, 0.4) is 0 Å². The molecule has 0 saturated heterocycles. The molecule has 0 bridgehead atoms. The van der Waals surface area contributed by atoms with E-state index in [1.165, 1.54) is 0 Å². The zero-order valence-electron chi connectivity index (χ0n) is 15.2. The van der Waals surface area contributed by atoms with Crippen molar-refractivity contribution in [1.29, 1.82) is 0 Å². The number of esters is 1. The van der Waals surface area contributed by atoms with E-state index < -0.39 is 6.10 Å². The lowest BCUT2D eigenvalue weighted by atomic mass is 9.69. The molecule has 1 aromatic carbocycles. The van der Waals surface area contributed by atoms with Crippen LogP contribution in [0, 0.1) is 0 Å². The number of benzene rings is 1. The Morgan fingerprint density at radius 3 is 3.08 bits per heavy atom. The van der Waals surface area contributed by atoms with Gasteiger partial charge in [-0.15, -0.1) is 0 Å². The first-order valence-electron chi connectivity index (χ1n) is 9.19. The molecule has 1 aliphatic carbocycles. The largest absolute Gasteiger partial charge is 0.493 e. The molecular formula is C20H25NO5. The minimum Gasteiger partial charge on any atom is -0.493 e. The summed E-state index contributed by atoms with van der Waals surface area (Å²) in [5, 5.41) is 10.1. The van der Waals surface area contributed by atoms with Gasteiger partial charge >= 0.3 is 5.97 Å². The van der Waals surface area contributed by atoms with Crippen molar-refractivity contribution in [2.24, 2.45) is 0 Å². The molecule has 0 amide bonds. The molecule has 0 radical (unpaired) electrons. The molecular weight excluding hydrogens is 334 g/mol. The van der Waals surface area contributed by atoms with Gasteiger partial charge in [0.2, 0.25) is 0 Å². The first kappa shape index (κ1) is 17.4. The van der Waals surface area contributed by atoms with E-state index in [1.807, 2.05) is 19.1 Å². The number of hydrogen-bond acceptors (Lipinski definition) is 6. The molecule has 2 aliphatic heterocycles. The van der Waals surface area contributed by atoms with E-state index >= 15 is 0 Å². The Kier molecular flexibility index (Phi) is 4.40. The zero-order chi connectivity index (χ0) is 18.3. The summed E-state index contributed by atoms with van der Waals surface area (Å²) in [5.74, 6) is 1.31. The highest BCUT2D eigenvalue weighted by Crippen LogP contribution is 2.55. The molecule has 3 aliphatic rings. The van der Waals surface area contributed by atoms with Gasteiger partial charge in [-0.1, -0.05) is 18.2 Å². The minimum absolute atomic E-state index is 0.116. The molecule has 1 aromatic rings. The second kappa shape index (κ2) is 6.59. The van der Waals surface area contributed by atoms with Gasteiger partial charge in [0.05, 0.1) is 31.8 Å². The van der Waals surface area contributed by atoms with Crippen LogP contribution < -0.4 is 9.47 Å². The van der Waals surface area contributed by atoms with Gasteiger partial charge in [-0.2, -0.15) is 0 Å². The fourth-order valence-corrected chi connectivity index (χ4v) is 4.52. The van der Waals surface area contributed by atoms with Gasteiger partial charge in [0, 0.05) is 25.1 Å². The Morgan fingerprint density at radius 2 is 2.31 bits per heavy atom. The monoisotopic (exact) mass is 359 g/mol. The van der Waals surface area contributed by atoms with Gasteiger partial charge in [-0.3, -0.25) is 9.69 Å². The summed E-state index contributed by atoms with van der Waals surface area (Å²) >= 11 is 0. The first-order valence-corrected chi connectivity index (χ1v) is 9.19. The second-order valence-corrected chi connectivity index (χ2v) is 7.21. The highest BCUT2D eigenvalue weighted by atomic mass is 16.5. The highest BCUT2D eigenvalue weighted by molar-refractivity contribution is 5.71. The average molecular weight is 359 g/mol. The number of ether oxygens (including phenoxy) is 3. The van der Waals surface area contributed by atoms with Crippen LogP contribution in [0.2, 0.25) is 0 Å². The predicted octanol–water partition coefficient (Wildman–Crippen LogP) is 1.78. The number of aliphatic hydroxyl groups is 1. The van der Waals surface area contributed by atoms with Crippen LogP contribution in [0.15, 0.2) is 24.3 Å². The van der Waals surface area contributed by atoms with Crippen LogP contribution in [0.5, 0.6) is 11.5 Å². The van der Waals surface area contributed by atoms with Gasteiger partial charge in [-0.25, -0.2) is 0 Å². The Morgan fingerprint density at radius 1 is 1.46 bits per heavy atom. The fraction of sp³-hybridized carbons (Fsp3) is 0.550. The molecule has 6 nitrogen and oxygen atoms in total. The predicted molar refractivity (Wildman–Crippen MR) is 95.4 cm³/mol. The number of hydrogen-bond donors (Lipinski definition) is 1. The zero-order valence-corrected chi connectivity index (χ0v) is 15.2. The van der Waals surface area contributed by atoms with Crippen molar-refractivity contribution in [1.82, 2.24) is 4.90 Å². The van der Waals surface area contributed by atoms with Crippen LogP contribution in [0.25, 0.3) is 0 Å². The highest BCUT2D eigenvalue weighted by Gasteiger charge is 2.52. The molecule has 140 valence electrons. The Bertz CT molecular complexity index is 746. The van der Waals surface area contributed by atoms with E-state index in [-0.39, 0.29) is 24.0 Å². The van der Waals surface area contributed by atoms with E-state index in [0.29, 0.717) is 19.6 Å². The molecule has 2 heterocycles. The van der Waals surface area contributed by atoms with Crippen molar-refractivity contribution in [2.75, 3.05) is 26.8 Å². The van der Waals surface area contributed by atoms with Crippen molar-refractivity contribution < 1.29 is 24.1 Å². The summed E-state index contributed by atoms with van der Waals surface area (Å²) in [6, 6.07) is 3.99. The number of aliphatic hydroxyl groups excluding tert-OH is 1. The maximum absolute atomic E-state index is 12.0. The van der Waals surface area contributed by atoms with Crippen molar-refractivity contribution in [3.63, 3.8) is 0 Å². The molecule has 3 atom stereocenters. The molecule has 26 heavy (non-hydrogen) atoms. The van der Waals surface area contributed by atoms with Crippen molar-refractivity contribution >= 4 is 5.97 Å². The quantitative estimate of drug-likeness (QED) is 0.653. The molecule has 6 heteroatoms. The summed E-state index contributed by atoms with van der Waals surface area (Å²) in [6.07, 6.45) is 4.76. The van der Waals surface area contributed by atoms with Crippen LogP contribution in [0.4, 0.5) is 0 Å². The summed E-state index contributed by atoms with van der Waals surface area (Å²) < 4.78 is 16.9. The van der Waals surface area contributed by atoms with E-state index in [4.69, 9.17) is 14.2 Å². The number of carbonyl (C=O) groups excluding carboxylic acids is 1. The molecule has 0 saturated carbocycles. The van der Waals surface area contributed by atoms with Crippen LogP contribution in [-0.2, 0) is 21.5 Å². The van der Waals surface area contributed by atoms with E-state index in [0.717, 1.165) is 35.6 Å². The molecule has 1 N–H and O–H groups in total. The lowest BCUT2D eigenvalue weighted by Gasteiger charge is -2.35. The lowest BCUT2D eigenvalue weighted by molar-refractivity contribution is -0.144. The van der Waals surface area contributed by atoms with E-state index in [9.17, 15) is 9.90 Å². The van der Waals surface area contributed by atoms with E-state index in [2.05, 4.69) is 17.0 Å². The molecule has 1 spiro atoms. The third-order valence-corrected chi connectivity index (χ3v) is 5.69. The average Bonchev–Trinajstić information content (AvgIpc) is 2.86. The van der Waals surface area contributed by atoms with Crippen LogP contribution >= 0.6 is 0 Å². The van der Waals surface area contributed by atoms with Crippen LogP contribution in [0.1, 0.15) is 30.9 Å². The topological polar surface area (TPSA) is 68.2 Å². The Labute approximate surface area is 153 Å². The SMILES string of the molecule is CCOC(=O)CN1CCC23C=C[C@H](O)CC2Oc2c(OC)ccc(c23)C1. The number of methoxy groups -OCH3 is 1. The maximum atomic E-state index is 12.0. The second-order valence-electron chi connectivity index (χ2n) is 7.21. The summed E-state index contributed by atoms with van der Waals surface area (Å²) in [7, 11) is 1.64. The van der Waals surface area contributed by atoms with E-state index in [1.54, 1.807) is 7.11 Å². The van der Waals surface area contributed by atoms with Gasteiger partial charge in [0.1, 0.15) is 6.10 Å². The Balaban J connectivity index is 1.74. The van der Waals surface area contributed by atoms with Crippen molar-refractivity contribution in [2.45, 2.75) is 43.9 Å². The first-order chi connectivity index (χ1) is 12.6. The number of carbonyl (C=O) groups is 1. The molecule has 0 aromatic heterocycles. The fourth-order valence-electron chi connectivity index (χ4n) is 4.52. The number of rotatable bonds is 4. The maximum Gasteiger partial charge on any atom is 0.320 e. The summed E-state index contributed by atoms with van der Waals surface area (Å²) in [4.78, 5) is 14.1. The van der Waals surface area contributed by atoms with Gasteiger partial charge in [0.15, 0.2) is 11.5 Å². The summed E-state index contributed by atoms with van der Waals surface area (Å²) in [5.41, 5.74) is 2.02. The summed E-state index contributed by atoms with van der Waals surface area (Å²) in [6.45, 7) is 3.92. The standard InChI is InChI=1S/C20H25NO5/c1-3-25-17(23)12-21-9-8-20-7-6-14(22)10-16(20)26-19-15(24-2)5-4-13(11-21)18(19)20/h4-7,14,16,22H,3,8-12H2,1-2H3/t14-,16?,20?/m0/s1. The third-order valence-electron chi connectivity index (χ3n) is 5.69. The number of nitrogens with zero attached hydrogens (tertiary/aromatic N) is 1. The molecule has 2 unspecified atom stereocenters. The van der Waals surface area contributed by atoms with Gasteiger partial charge in [0.25, 0.3) is 0 Å². The van der Waals surface area contributed by atoms with Crippen LogP contribution in [-0.4, -0.2) is 55.0 Å².